The second-order valence-corrected chi connectivity index (χ2v) is 5.77. The summed E-state index contributed by atoms with van der Waals surface area (Å²) in [5, 5.41) is 9.32. The number of hydrogen-bond donors (Lipinski definition) is 1. The second kappa shape index (κ2) is 8.49. The van der Waals surface area contributed by atoms with Crippen LogP contribution in [0.2, 0.25) is 0 Å². The smallest absolute Gasteiger partial charge is 0.175 e. The summed E-state index contributed by atoms with van der Waals surface area (Å²) in [6, 6.07) is 4.04. The molecule has 1 aromatic carbocycles. The van der Waals surface area contributed by atoms with E-state index in [1.54, 1.807) is 7.11 Å². The van der Waals surface area contributed by atoms with Crippen molar-refractivity contribution in [3.05, 3.63) is 22.2 Å². The van der Waals surface area contributed by atoms with Crippen LogP contribution < -0.4 is 9.47 Å². The molecule has 0 aromatic heterocycles. The Bertz CT molecular complexity index is 424. The molecule has 0 saturated heterocycles. The molecule has 1 aromatic rings. The predicted octanol–water partition coefficient (Wildman–Crippen LogP) is 3.06. The van der Waals surface area contributed by atoms with Gasteiger partial charge in [0.25, 0.3) is 0 Å². The molecule has 1 rings (SSSR count). The standard InChI is InChI=1S/C15H24BrNO3/c1-5-20-15-13(16)8-12(9-14(15)19-4)10-17(3)7-6-11(2)18/h8-9,11,18H,5-7,10H2,1-4H3. The van der Waals surface area contributed by atoms with Crippen molar-refractivity contribution in [2.75, 3.05) is 27.3 Å². The largest absolute Gasteiger partial charge is 0.493 e. The summed E-state index contributed by atoms with van der Waals surface area (Å²) in [7, 11) is 3.68. The zero-order valence-corrected chi connectivity index (χ0v) is 14.2. The topological polar surface area (TPSA) is 41.9 Å². The van der Waals surface area contributed by atoms with Crippen LogP contribution in [0.1, 0.15) is 25.8 Å². The van der Waals surface area contributed by atoms with Crippen molar-refractivity contribution >= 4 is 15.9 Å². The zero-order chi connectivity index (χ0) is 15.1. The van der Waals surface area contributed by atoms with Gasteiger partial charge in [0.2, 0.25) is 0 Å². The van der Waals surface area contributed by atoms with Crippen LogP contribution in [-0.4, -0.2) is 43.4 Å². The maximum absolute atomic E-state index is 9.32. The lowest BCUT2D eigenvalue weighted by Gasteiger charge is -2.19. The van der Waals surface area contributed by atoms with Crippen molar-refractivity contribution in [2.45, 2.75) is 32.9 Å². The van der Waals surface area contributed by atoms with Gasteiger partial charge in [-0.2, -0.15) is 0 Å². The Balaban J connectivity index is 2.78. The first-order chi connectivity index (χ1) is 9.47. The minimum Gasteiger partial charge on any atom is -0.493 e. The number of ether oxygens (including phenoxy) is 2. The molecule has 0 fully saturated rings. The highest BCUT2D eigenvalue weighted by Gasteiger charge is 2.12. The molecule has 0 bridgehead atoms. The van der Waals surface area contributed by atoms with Crippen LogP contribution in [0.4, 0.5) is 0 Å². The molecule has 114 valence electrons. The van der Waals surface area contributed by atoms with Gasteiger partial charge in [-0.15, -0.1) is 0 Å². The Labute approximate surface area is 129 Å². The highest BCUT2D eigenvalue weighted by Crippen LogP contribution is 2.36. The van der Waals surface area contributed by atoms with Crippen molar-refractivity contribution in [1.82, 2.24) is 4.90 Å². The molecule has 0 spiro atoms. The van der Waals surface area contributed by atoms with Gasteiger partial charge in [0.15, 0.2) is 11.5 Å². The van der Waals surface area contributed by atoms with E-state index >= 15 is 0 Å². The van der Waals surface area contributed by atoms with Crippen molar-refractivity contribution in [1.29, 1.82) is 0 Å². The van der Waals surface area contributed by atoms with E-state index in [1.807, 2.05) is 33.0 Å². The predicted molar refractivity (Wildman–Crippen MR) is 84.5 cm³/mol. The second-order valence-electron chi connectivity index (χ2n) is 4.92. The Morgan fingerprint density at radius 1 is 1.40 bits per heavy atom. The highest BCUT2D eigenvalue weighted by molar-refractivity contribution is 9.10. The van der Waals surface area contributed by atoms with Crippen LogP contribution in [0.5, 0.6) is 11.5 Å². The van der Waals surface area contributed by atoms with Crippen LogP contribution >= 0.6 is 15.9 Å². The lowest BCUT2D eigenvalue weighted by molar-refractivity contribution is 0.163. The summed E-state index contributed by atoms with van der Waals surface area (Å²) in [6.45, 7) is 6.01. The van der Waals surface area contributed by atoms with Gasteiger partial charge in [-0.1, -0.05) is 0 Å². The molecule has 0 aliphatic heterocycles. The van der Waals surface area contributed by atoms with Crippen LogP contribution in [0.15, 0.2) is 16.6 Å². The summed E-state index contributed by atoms with van der Waals surface area (Å²) in [5.41, 5.74) is 1.14. The fourth-order valence-electron chi connectivity index (χ4n) is 1.95. The van der Waals surface area contributed by atoms with Crippen LogP contribution in [-0.2, 0) is 6.54 Å². The van der Waals surface area contributed by atoms with E-state index in [4.69, 9.17) is 9.47 Å². The van der Waals surface area contributed by atoms with E-state index < -0.39 is 0 Å². The Kier molecular flexibility index (Phi) is 7.34. The number of nitrogens with zero attached hydrogens (tertiary/aromatic N) is 1. The lowest BCUT2D eigenvalue weighted by atomic mass is 10.2. The average Bonchev–Trinajstić information content (AvgIpc) is 2.39. The van der Waals surface area contributed by atoms with Crippen molar-refractivity contribution < 1.29 is 14.6 Å². The molecule has 0 heterocycles. The van der Waals surface area contributed by atoms with Gasteiger partial charge < -0.3 is 19.5 Å². The zero-order valence-electron chi connectivity index (χ0n) is 12.6. The third kappa shape index (κ3) is 5.31. The Hall–Kier alpha value is -0.780. The summed E-state index contributed by atoms with van der Waals surface area (Å²) in [6.07, 6.45) is 0.505. The van der Waals surface area contributed by atoms with Gasteiger partial charge >= 0.3 is 0 Å². The maximum atomic E-state index is 9.32. The molecular formula is C15H24BrNO3. The quantitative estimate of drug-likeness (QED) is 0.786. The summed E-state index contributed by atoms with van der Waals surface area (Å²) in [5.74, 6) is 1.48. The van der Waals surface area contributed by atoms with Crippen LogP contribution in [0.25, 0.3) is 0 Å². The third-order valence-corrected chi connectivity index (χ3v) is 3.55. The SMILES string of the molecule is CCOc1c(Br)cc(CN(C)CCC(C)O)cc1OC. The molecule has 5 heteroatoms. The van der Waals surface area contributed by atoms with E-state index in [9.17, 15) is 5.11 Å². The molecule has 1 unspecified atom stereocenters. The van der Waals surface area contributed by atoms with Gasteiger partial charge in [-0.25, -0.2) is 0 Å². The van der Waals surface area contributed by atoms with Crippen molar-refractivity contribution in [3.63, 3.8) is 0 Å². The molecule has 1 N–H and O–H groups in total. The molecule has 0 amide bonds. The minimum atomic E-state index is -0.265. The first-order valence-corrected chi connectivity index (χ1v) is 7.63. The maximum Gasteiger partial charge on any atom is 0.175 e. The van der Waals surface area contributed by atoms with Gasteiger partial charge in [0.1, 0.15) is 0 Å². The number of halogens is 1. The van der Waals surface area contributed by atoms with E-state index in [0.29, 0.717) is 6.61 Å². The Morgan fingerprint density at radius 3 is 2.65 bits per heavy atom. The molecule has 0 aliphatic carbocycles. The van der Waals surface area contributed by atoms with Gasteiger partial charge in [0.05, 0.1) is 24.3 Å². The first-order valence-electron chi connectivity index (χ1n) is 6.83. The molecular weight excluding hydrogens is 322 g/mol. The number of hydrogen-bond acceptors (Lipinski definition) is 4. The average molecular weight is 346 g/mol. The third-order valence-electron chi connectivity index (χ3n) is 2.96. The van der Waals surface area contributed by atoms with Gasteiger partial charge in [-0.05, 0) is 60.9 Å². The normalized spacial score (nSPS) is 12.6. The number of aliphatic hydroxyl groups is 1. The van der Waals surface area contributed by atoms with E-state index in [2.05, 4.69) is 20.8 Å². The molecule has 1 atom stereocenters. The van der Waals surface area contributed by atoms with Crippen molar-refractivity contribution in [2.24, 2.45) is 0 Å². The van der Waals surface area contributed by atoms with Crippen LogP contribution in [0, 0.1) is 0 Å². The van der Waals surface area contributed by atoms with Gasteiger partial charge in [-0.3, -0.25) is 0 Å². The van der Waals surface area contributed by atoms with E-state index in [1.165, 1.54) is 0 Å². The van der Waals surface area contributed by atoms with Crippen LogP contribution in [0.3, 0.4) is 0 Å². The summed E-state index contributed by atoms with van der Waals surface area (Å²) >= 11 is 3.53. The lowest BCUT2D eigenvalue weighted by Crippen LogP contribution is -2.22. The molecule has 0 aliphatic rings. The Morgan fingerprint density at radius 2 is 2.10 bits per heavy atom. The molecule has 0 radical (unpaired) electrons. The molecule has 4 nitrogen and oxygen atoms in total. The summed E-state index contributed by atoms with van der Waals surface area (Å²) < 4.78 is 11.9. The van der Waals surface area contributed by atoms with Gasteiger partial charge in [0, 0.05) is 13.1 Å². The summed E-state index contributed by atoms with van der Waals surface area (Å²) in [4.78, 5) is 2.17. The highest BCUT2D eigenvalue weighted by atomic mass is 79.9. The fraction of sp³-hybridized carbons (Fsp3) is 0.600. The molecule has 20 heavy (non-hydrogen) atoms. The monoisotopic (exact) mass is 345 g/mol. The minimum absolute atomic E-state index is 0.265. The number of benzene rings is 1. The number of rotatable bonds is 8. The van der Waals surface area contributed by atoms with E-state index in [-0.39, 0.29) is 6.10 Å². The number of aliphatic hydroxyl groups excluding tert-OH is 1. The fourth-order valence-corrected chi connectivity index (χ4v) is 2.55. The van der Waals surface area contributed by atoms with E-state index in [0.717, 1.165) is 41.0 Å². The molecule has 0 saturated carbocycles. The first kappa shape index (κ1) is 17.3. The van der Waals surface area contributed by atoms with Crippen molar-refractivity contribution in [3.8, 4) is 11.5 Å². The number of methoxy groups -OCH3 is 1.